The average molecular weight is 907 g/mol. The smallest absolute Gasteiger partial charge is 0.462 e. The molecule has 0 aromatic rings. The number of phosphoric ester groups is 1. The number of carbonyl (C=O) groups is 2. The maximum Gasteiger partial charge on any atom is 0.472 e. The van der Waals surface area contributed by atoms with Crippen molar-refractivity contribution >= 4 is 19.8 Å². The highest BCUT2D eigenvalue weighted by Gasteiger charge is 2.49. The van der Waals surface area contributed by atoms with E-state index in [1.54, 1.807) is 12.2 Å². The molecule has 1 unspecified atom stereocenters. The molecule has 1 aliphatic carbocycles. The van der Waals surface area contributed by atoms with E-state index in [9.17, 15) is 59.9 Å². The predicted molar refractivity (Wildman–Crippen MR) is 232 cm³/mol. The van der Waals surface area contributed by atoms with E-state index < -0.39 is 112 Å². The fraction of sp³-hybridized carbons (Fsp3) is 0.822. The van der Waals surface area contributed by atoms with Gasteiger partial charge in [0.1, 0.15) is 31.0 Å². The van der Waals surface area contributed by atoms with Crippen molar-refractivity contribution in [2.24, 2.45) is 11.8 Å². The van der Waals surface area contributed by atoms with Crippen LogP contribution in [0.15, 0.2) is 36.5 Å². The van der Waals surface area contributed by atoms with Crippen LogP contribution >= 0.6 is 7.82 Å². The first-order chi connectivity index (χ1) is 29.6. The standard InChI is InChI=1S/C45H79O16P/c1-3-5-7-8-9-10-11-12-13-14-15-16-21-25-38(49)58-30-33-31-59-62(56,57)61-45-43(54)41(52)35(28-27-32(46)23-19-6-4-2)37(48)29-36(47)34(40(51)42(53)44(45)55)24-20-17-18-22-26-39(50)60-33/h10-11,17,20,27-28,32-37,40-48,51-55H,3-9,12-16,18-19,21-26,29-31H2,1-2H3,(H,56,57)/b11-10-,20-17?,28-27+/t32-,33+,34-,35-,36-,37+,40+,41+,42-,43+,44+,45+/m0/s1. The van der Waals surface area contributed by atoms with E-state index in [0.717, 1.165) is 51.4 Å². The number of aliphatic hydroxyl groups is 8. The number of hydrogen-bond acceptors (Lipinski definition) is 15. The third kappa shape index (κ3) is 22.2. The Bertz CT molecular complexity index is 1360. The Hall–Kier alpha value is -2.05. The fourth-order valence-electron chi connectivity index (χ4n) is 7.63. The number of esters is 2. The molecule has 9 N–H and O–H groups in total. The molecule has 1 heterocycles. The molecule has 360 valence electrons. The summed E-state index contributed by atoms with van der Waals surface area (Å²) in [6.45, 7) is 2.79. The summed E-state index contributed by atoms with van der Waals surface area (Å²) in [6.07, 6.45) is 5.58. The fourth-order valence-corrected chi connectivity index (χ4v) is 8.60. The summed E-state index contributed by atoms with van der Waals surface area (Å²) in [6, 6.07) is 0. The van der Waals surface area contributed by atoms with Crippen molar-refractivity contribution in [3.63, 3.8) is 0 Å². The Morgan fingerprint density at radius 2 is 1.45 bits per heavy atom. The summed E-state index contributed by atoms with van der Waals surface area (Å²) in [7, 11) is -5.43. The third-order valence-corrected chi connectivity index (χ3v) is 12.5. The van der Waals surface area contributed by atoms with Crippen LogP contribution in [-0.2, 0) is 32.7 Å². The SMILES string of the molecule is CCCCCC/C=C\CCCCCCCC(=O)OC[C@@H]1COP(=O)(O)O[C@H]2[C@H](O)[C@@H](O)[C@H](O)[C@@H](CC=CCCCC(=O)O1)[C@@H](O)C[C@@H](O)[C@H](/C=C/[C@@H](O)CCCCC)[C@@H](O)[C@H]2O. The Balaban J connectivity index is 2.21. The Morgan fingerprint density at radius 3 is 2.15 bits per heavy atom. The van der Waals surface area contributed by atoms with Crippen molar-refractivity contribution < 1.29 is 78.4 Å². The minimum Gasteiger partial charge on any atom is -0.462 e. The van der Waals surface area contributed by atoms with Gasteiger partial charge in [0.25, 0.3) is 0 Å². The van der Waals surface area contributed by atoms with Crippen LogP contribution in [0, 0.1) is 11.8 Å². The van der Waals surface area contributed by atoms with Crippen molar-refractivity contribution in [2.45, 2.75) is 210 Å². The lowest BCUT2D eigenvalue weighted by Gasteiger charge is -2.37. The molecule has 0 aromatic heterocycles. The maximum atomic E-state index is 13.5. The molecule has 16 nitrogen and oxygen atoms in total. The number of ether oxygens (including phenoxy) is 2. The van der Waals surface area contributed by atoms with Crippen molar-refractivity contribution in [1.29, 1.82) is 0 Å². The normalized spacial score (nSPS) is 33.0. The van der Waals surface area contributed by atoms with Crippen LogP contribution in [0.2, 0.25) is 0 Å². The minimum absolute atomic E-state index is 0.0989. The predicted octanol–water partition coefficient (Wildman–Crippen LogP) is 4.99. The molecule has 1 fully saturated rings. The molecule has 2 rings (SSSR count). The molecule has 1 aliphatic heterocycles. The molecule has 0 saturated heterocycles. The summed E-state index contributed by atoms with van der Waals surface area (Å²) in [5, 5.41) is 89.8. The first-order valence-electron chi connectivity index (χ1n) is 23.0. The second-order valence-corrected chi connectivity index (χ2v) is 18.3. The molecule has 62 heavy (non-hydrogen) atoms. The number of phosphoric acid groups is 1. The van der Waals surface area contributed by atoms with Crippen LogP contribution < -0.4 is 0 Å². The molecule has 1 saturated carbocycles. The number of hydrogen-bond donors (Lipinski definition) is 9. The molecule has 2 aliphatic rings. The molecule has 0 radical (unpaired) electrons. The van der Waals surface area contributed by atoms with Crippen molar-refractivity contribution in [1.82, 2.24) is 0 Å². The van der Waals surface area contributed by atoms with Gasteiger partial charge in [-0.1, -0.05) is 108 Å². The largest absolute Gasteiger partial charge is 0.472 e. The topological polar surface area (TPSA) is 270 Å². The molecular weight excluding hydrogens is 827 g/mol. The summed E-state index contributed by atoms with van der Waals surface area (Å²) in [5.74, 6) is -4.02. The zero-order valence-electron chi connectivity index (χ0n) is 37.0. The second kappa shape index (κ2) is 31.8. The van der Waals surface area contributed by atoms with E-state index in [0.29, 0.717) is 25.7 Å². The number of unbranched alkanes of at least 4 members (excludes halogenated alkanes) is 11. The average Bonchev–Trinajstić information content (AvgIpc) is 3.23. The van der Waals surface area contributed by atoms with E-state index in [4.69, 9.17) is 18.5 Å². The number of cyclic esters (lactones) is 1. The molecule has 0 spiro atoms. The van der Waals surface area contributed by atoms with Crippen LogP contribution in [0.4, 0.5) is 0 Å². The molecule has 17 heteroatoms. The van der Waals surface area contributed by atoms with Gasteiger partial charge in [0.15, 0.2) is 6.10 Å². The van der Waals surface area contributed by atoms with Gasteiger partial charge in [-0.05, 0) is 57.8 Å². The van der Waals surface area contributed by atoms with Gasteiger partial charge < -0.3 is 55.2 Å². The number of fused-ring (bicyclic) bond motifs is 4. The van der Waals surface area contributed by atoms with Gasteiger partial charge in [-0.2, -0.15) is 0 Å². The van der Waals surface area contributed by atoms with Gasteiger partial charge in [-0.25, -0.2) is 4.57 Å². The van der Waals surface area contributed by atoms with Crippen molar-refractivity contribution in [3.8, 4) is 0 Å². The number of allylic oxidation sites excluding steroid dienone is 4. The highest BCUT2D eigenvalue weighted by molar-refractivity contribution is 7.47. The van der Waals surface area contributed by atoms with Gasteiger partial charge in [0.2, 0.25) is 0 Å². The summed E-state index contributed by atoms with van der Waals surface area (Å²) >= 11 is 0. The zero-order valence-corrected chi connectivity index (χ0v) is 37.9. The summed E-state index contributed by atoms with van der Waals surface area (Å²) in [4.78, 5) is 36.3. The van der Waals surface area contributed by atoms with Gasteiger partial charge in [0, 0.05) is 31.1 Å². The summed E-state index contributed by atoms with van der Waals surface area (Å²) in [5.41, 5.74) is 0. The van der Waals surface area contributed by atoms with Gasteiger partial charge in [0.05, 0.1) is 37.1 Å². The first-order valence-corrected chi connectivity index (χ1v) is 24.5. The van der Waals surface area contributed by atoms with E-state index >= 15 is 0 Å². The molecule has 0 aromatic carbocycles. The Morgan fingerprint density at radius 1 is 0.823 bits per heavy atom. The van der Waals surface area contributed by atoms with E-state index in [2.05, 4.69) is 19.1 Å². The van der Waals surface area contributed by atoms with Gasteiger partial charge in [-0.15, -0.1) is 0 Å². The quantitative estimate of drug-likeness (QED) is 0.0318. The minimum atomic E-state index is -5.43. The first kappa shape index (κ1) is 56.1. The van der Waals surface area contributed by atoms with Gasteiger partial charge in [-0.3, -0.25) is 18.6 Å². The maximum absolute atomic E-state index is 13.5. The van der Waals surface area contributed by atoms with Crippen molar-refractivity contribution in [2.75, 3.05) is 13.2 Å². The molecular formula is C45H79O16P. The monoisotopic (exact) mass is 907 g/mol. The van der Waals surface area contributed by atoms with E-state index in [1.165, 1.54) is 37.8 Å². The molecule has 13 atom stereocenters. The number of carbonyl (C=O) groups excluding carboxylic acids is 2. The van der Waals surface area contributed by atoms with Crippen LogP contribution in [0.5, 0.6) is 0 Å². The Labute approximate surface area is 368 Å². The molecule has 0 amide bonds. The summed E-state index contributed by atoms with van der Waals surface area (Å²) < 4.78 is 34.6. The molecule has 2 bridgehead atoms. The zero-order chi connectivity index (χ0) is 45.9. The van der Waals surface area contributed by atoms with Gasteiger partial charge >= 0.3 is 19.8 Å². The van der Waals surface area contributed by atoms with E-state index in [-0.39, 0.29) is 25.7 Å². The lowest BCUT2D eigenvalue weighted by molar-refractivity contribution is -0.167. The third-order valence-electron chi connectivity index (χ3n) is 11.5. The number of rotatable bonds is 21. The van der Waals surface area contributed by atoms with Crippen LogP contribution in [0.1, 0.15) is 149 Å². The lowest BCUT2D eigenvalue weighted by atomic mass is 9.83. The van der Waals surface area contributed by atoms with Crippen LogP contribution in [-0.4, -0.2) is 132 Å². The second-order valence-electron chi connectivity index (χ2n) is 16.9. The highest BCUT2D eigenvalue weighted by Crippen LogP contribution is 2.47. The van der Waals surface area contributed by atoms with E-state index in [1.807, 2.05) is 6.92 Å². The van der Waals surface area contributed by atoms with Crippen molar-refractivity contribution in [3.05, 3.63) is 36.5 Å². The van der Waals surface area contributed by atoms with Crippen LogP contribution in [0.25, 0.3) is 0 Å². The Kier molecular flexibility index (Phi) is 28.7. The highest BCUT2D eigenvalue weighted by atomic mass is 31.2. The number of aliphatic hydroxyl groups excluding tert-OH is 8. The van der Waals surface area contributed by atoms with Crippen LogP contribution in [0.3, 0.4) is 0 Å². The lowest BCUT2D eigenvalue weighted by Crippen LogP contribution is -2.55.